The molecule has 3 heteroatoms. The van der Waals surface area contributed by atoms with E-state index >= 15 is 0 Å². The molecule has 0 saturated heterocycles. The Labute approximate surface area is 219 Å². The molecule has 5 aromatic rings. The molecule has 0 spiro atoms. The topological polar surface area (TPSA) is 38.9 Å². The van der Waals surface area contributed by atoms with Gasteiger partial charge >= 0.3 is 0 Å². The normalized spacial score (nSPS) is 15.2. The van der Waals surface area contributed by atoms with Crippen LogP contribution >= 0.6 is 0 Å². The number of benzene rings is 4. The number of hydrogen-bond donors (Lipinski definition) is 0. The maximum absolute atomic E-state index is 5.99. The zero-order chi connectivity index (χ0) is 25.9. The second-order valence-corrected chi connectivity index (χ2v) is 11.4. The van der Waals surface area contributed by atoms with Crippen LogP contribution in [0.25, 0.3) is 45.2 Å². The molecule has 1 aliphatic rings. The SMILES string of the molecule is Cc1ccc(-c2nnc(-c3ccc(-c4ccc5c(c4)C(C)(C)C(C)(C)c4cc(C)ccc4-5)cc3)o2)cc1. The van der Waals surface area contributed by atoms with Crippen LogP contribution in [-0.2, 0) is 10.8 Å². The maximum atomic E-state index is 5.99. The summed E-state index contributed by atoms with van der Waals surface area (Å²) in [6.45, 7) is 13.8. The van der Waals surface area contributed by atoms with E-state index < -0.39 is 0 Å². The number of fused-ring (bicyclic) bond motifs is 3. The van der Waals surface area contributed by atoms with Gasteiger partial charge in [-0.05, 0) is 88.4 Å². The number of rotatable bonds is 3. The average Bonchev–Trinajstić information content (AvgIpc) is 3.38. The summed E-state index contributed by atoms with van der Waals surface area (Å²) in [4.78, 5) is 0. The maximum Gasteiger partial charge on any atom is 0.248 e. The zero-order valence-corrected chi connectivity index (χ0v) is 22.4. The molecule has 1 heterocycles. The van der Waals surface area contributed by atoms with Gasteiger partial charge in [-0.15, -0.1) is 10.2 Å². The second-order valence-electron chi connectivity index (χ2n) is 11.4. The highest BCUT2D eigenvalue weighted by Crippen LogP contribution is 2.54. The van der Waals surface area contributed by atoms with Crippen molar-refractivity contribution < 1.29 is 4.42 Å². The number of aromatic nitrogens is 2. The minimum absolute atomic E-state index is 0.0109. The molecule has 6 rings (SSSR count). The fraction of sp³-hybridized carbons (Fsp3) is 0.235. The molecule has 37 heavy (non-hydrogen) atoms. The molecule has 1 aromatic heterocycles. The van der Waals surface area contributed by atoms with Gasteiger partial charge in [0, 0.05) is 11.1 Å². The van der Waals surface area contributed by atoms with Crippen LogP contribution in [-0.4, -0.2) is 10.2 Å². The van der Waals surface area contributed by atoms with Gasteiger partial charge in [0.25, 0.3) is 0 Å². The fourth-order valence-electron chi connectivity index (χ4n) is 5.52. The summed E-state index contributed by atoms with van der Waals surface area (Å²) in [5.41, 5.74) is 12.3. The Morgan fingerprint density at radius 2 is 0.919 bits per heavy atom. The third kappa shape index (κ3) is 3.72. The van der Waals surface area contributed by atoms with E-state index in [2.05, 4.69) is 125 Å². The molecule has 4 aromatic carbocycles. The van der Waals surface area contributed by atoms with E-state index in [1.54, 1.807) is 0 Å². The van der Waals surface area contributed by atoms with Crippen LogP contribution in [0, 0.1) is 13.8 Å². The fourth-order valence-corrected chi connectivity index (χ4v) is 5.52. The Hall–Kier alpha value is -3.98. The van der Waals surface area contributed by atoms with Gasteiger partial charge in [0.15, 0.2) is 0 Å². The minimum atomic E-state index is -0.0186. The minimum Gasteiger partial charge on any atom is -0.416 e. The van der Waals surface area contributed by atoms with E-state index in [1.165, 1.54) is 44.5 Å². The van der Waals surface area contributed by atoms with Crippen molar-refractivity contribution in [1.29, 1.82) is 0 Å². The molecule has 0 amide bonds. The van der Waals surface area contributed by atoms with Crippen molar-refractivity contribution in [3.05, 3.63) is 107 Å². The lowest BCUT2D eigenvalue weighted by atomic mass is 9.55. The first-order valence-corrected chi connectivity index (χ1v) is 12.9. The molecule has 0 saturated carbocycles. The van der Waals surface area contributed by atoms with Gasteiger partial charge in [0.1, 0.15) is 0 Å². The van der Waals surface area contributed by atoms with E-state index in [0.29, 0.717) is 11.8 Å². The summed E-state index contributed by atoms with van der Waals surface area (Å²) in [6.07, 6.45) is 0. The van der Waals surface area contributed by atoms with E-state index in [9.17, 15) is 0 Å². The van der Waals surface area contributed by atoms with Crippen molar-refractivity contribution in [2.45, 2.75) is 52.4 Å². The summed E-state index contributed by atoms with van der Waals surface area (Å²) in [7, 11) is 0. The molecule has 3 nitrogen and oxygen atoms in total. The van der Waals surface area contributed by atoms with Crippen LogP contribution in [0.5, 0.6) is 0 Å². The van der Waals surface area contributed by atoms with Crippen molar-refractivity contribution >= 4 is 0 Å². The van der Waals surface area contributed by atoms with E-state index in [4.69, 9.17) is 4.42 Å². The second kappa shape index (κ2) is 8.27. The van der Waals surface area contributed by atoms with Crippen molar-refractivity contribution in [1.82, 2.24) is 10.2 Å². The summed E-state index contributed by atoms with van der Waals surface area (Å²) < 4.78 is 5.99. The van der Waals surface area contributed by atoms with Gasteiger partial charge in [-0.25, -0.2) is 0 Å². The van der Waals surface area contributed by atoms with Crippen LogP contribution in [0.4, 0.5) is 0 Å². The van der Waals surface area contributed by atoms with E-state index in [0.717, 1.165) is 11.1 Å². The Balaban J connectivity index is 1.35. The molecule has 0 fully saturated rings. The lowest BCUT2D eigenvalue weighted by Crippen LogP contribution is -2.43. The van der Waals surface area contributed by atoms with Crippen LogP contribution < -0.4 is 0 Å². The lowest BCUT2D eigenvalue weighted by Gasteiger charge is -2.48. The molecule has 0 atom stereocenters. The van der Waals surface area contributed by atoms with Gasteiger partial charge in [-0.1, -0.05) is 93.4 Å². The average molecular weight is 485 g/mol. The Bertz CT molecular complexity index is 1620. The van der Waals surface area contributed by atoms with Gasteiger partial charge in [0.2, 0.25) is 11.8 Å². The summed E-state index contributed by atoms with van der Waals surface area (Å²) in [5, 5.41) is 8.55. The van der Waals surface area contributed by atoms with Crippen LogP contribution in [0.2, 0.25) is 0 Å². The number of nitrogens with zero attached hydrogens (tertiary/aromatic N) is 2. The lowest BCUT2D eigenvalue weighted by molar-refractivity contribution is 0.299. The predicted octanol–water partition coefficient (Wildman–Crippen LogP) is 8.92. The van der Waals surface area contributed by atoms with Gasteiger partial charge in [-0.2, -0.15) is 0 Å². The first-order valence-electron chi connectivity index (χ1n) is 12.9. The van der Waals surface area contributed by atoms with Gasteiger partial charge in [0.05, 0.1) is 0 Å². The predicted molar refractivity (Wildman–Crippen MR) is 152 cm³/mol. The highest BCUT2D eigenvalue weighted by molar-refractivity contribution is 5.81. The van der Waals surface area contributed by atoms with Crippen LogP contribution in [0.3, 0.4) is 0 Å². The van der Waals surface area contributed by atoms with E-state index in [1.807, 2.05) is 12.1 Å². The molecule has 0 aliphatic heterocycles. The summed E-state index contributed by atoms with van der Waals surface area (Å²) >= 11 is 0. The highest BCUT2D eigenvalue weighted by Gasteiger charge is 2.45. The highest BCUT2D eigenvalue weighted by atomic mass is 16.4. The molecule has 184 valence electrons. The summed E-state index contributed by atoms with van der Waals surface area (Å²) in [5.74, 6) is 1.07. The van der Waals surface area contributed by atoms with Crippen LogP contribution in [0.1, 0.15) is 49.9 Å². The molecule has 0 radical (unpaired) electrons. The summed E-state index contributed by atoms with van der Waals surface area (Å²) in [6, 6.07) is 30.4. The zero-order valence-electron chi connectivity index (χ0n) is 22.4. The standard InChI is InChI=1S/C34H32N2O/c1-21-7-10-24(11-8-21)31-35-36-32(37-31)25-14-12-23(13-15-25)26-16-18-28-27-17-9-22(2)19-29(27)33(3,4)34(5,6)30(28)20-26/h7-20H,1-6H3. The molecule has 0 unspecified atom stereocenters. The Morgan fingerprint density at radius 3 is 1.51 bits per heavy atom. The quantitative estimate of drug-likeness (QED) is 0.257. The van der Waals surface area contributed by atoms with Crippen molar-refractivity contribution in [2.75, 3.05) is 0 Å². The van der Waals surface area contributed by atoms with Crippen molar-refractivity contribution in [3.63, 3.8) is 0 Å². The van der Waals surface area contributed by atoms with Crippen LogP contribution in [0.15, 0.2) is 89.3 Å². The molecular weight excluding hydrogens is 452 g/mol. The number of hydrogen-bond acceptors (Lipinski definition) is 3. The first-order chi connectivity index (χ1) is 17.6. The van der Waals surface area contributed by atoms with Crippen molar-refractivity contribution in [3.8, 4) is 45.2 Å². The molecule has 0 N–H and O–H groups in total. The van der Waals surface area contributed by atoms with Crippen molar-refractivity contribution in [2.24, 2.45) is 0 Å². The number of aryl methyl sites for hydroxylation is 2. The molecular formula is C34H32N2O. The Kier molecular flexibility index (Phi) is 5.24. The molecule has 0 bridgehead atoms. The Morgan fingerprint density at radius 1 is 0.486 bits per heavy atom. The third-order valence-electron chi connectivity index (χ3n) is 8.58. The smallest absolute Gasteiger partial charge is 0.248 e. The van der Waals surface area contributed by atoms with E-state index in [-0.39, 0.29) is 10.8 Å². The monoisotopic (exact) mass is 484 g/mol. The van der Waals surface area contributed by atoms with Gasteiger partial charge < -0.3 is 4.42 Å². The third-order valence-corrected chi connectivity index (χ3v) is 8.58. The first kappa shape index (κ1) is 23.4. The molecule has 1 aliphatic carbocycles. The largest absolute Gasteiger partial charge is 0.416 e. The van der Waals surface area contributed by atoms with Gasteiger partial charge in [-0.3, -0.25) is 0 Å².